The number of ether oxygens (including phenoxy) is 1. The van der Waals surface area contributed by atoms with Gasteiger partial charge in [0.1, 0.15) is 5.75 Å². The molecule has 5 nitrogen and oxygen atoms in total. The van der Waals surface area contributed by atoms with Crippen LogP contribution in [0.2, 0.25) is 0 Å². The molecule has 140 valence electrons. The molecule has 2 aliphatic rings. The number of ketones is 1. The van der Waals surface area contributed by atoms with Gasteiger partial charge in [0.15, 0.2) is 11.6 Å². The van der Waals surface area contributed by atoms with Gasteiger partial charge in [-0.05, 0) is 35.4 Å². The predicted molar refractivity (Wildman–Crippen MR) is 107 cm³/mol. The normalized spacial score (nSPS) is 24.7. The lowest BCUT2D eigenvalue weighted by molar-refractivity contribution is 0.0521. The predicted octanol–water partition coefficient (Wildman–Crippen LogP) is 4.86. The second-order valence-electron chi connectivity index (χ2n) is 7.27. The van der Waals surface area contributed by atoms with Gasteiger partial charge in [0.2, 0.25) is 5.78 Å². The molecule has 3 unspecified atom stereocenters. The molecule has 0 aliphatic carbocycles. The van der Waals surface area contributed by atoms with Crippen molar-refractivity contribution in [2.45, 2.75) is 17.6 Å². The largest absolute Gasteiger partial charge is 0.482 e. The molecule has 2 heterocycles. The highest BCUT2D eigenvalue weighted by Gasteiger charge is 2.60. The van der Waals surface area contributed by atoms with E-state index in [2.05, 4.69) is 16.3 Å². The average molecular weight is 379 g/mol. The Kier molecular flexibility index (Phi) is 3.99. The summed E-state index contributed by atoms with van der Waals surface area (Å²) in [6.07, 6.45) is -0.585. The minimum atomic E-state index is -1.18. The van der Waals surface area contributed by atoms with E-state index in [1.165, 1.54) is 0 Å². The zero-order chi connectivity index (χ0) is 19.8. The first-order chi connectivity index (χ1) is 14.2. The maximum absolute atomic E-state index is 13.8. The number of nitrogens with zero attached hydrogens (tertiary/aromatic N) is 3. The summed E-state index contributed by atoms with van der Waals surface area (Å²) in [6, 6.07) is 26.4. The first-order valence-corrected chi connectivity index (χ1v) is 9.48. The molecule has 1 spiro atoms. The standard InChI is InChI=1S/C24H17N3O2/c25-14-16-10-12-17(13-11-16)20-15-26-27-24(20)22(28)19-8-4-5-9-21(19)29-23(24)18-6-2-1-3-7-18/h1-13,20,23H,15H2. The first-order valence-electron chi connectivity index (χ1n) is 9.48. The lowest BCUT2D eigenvalue weighted by Gasteiger charge is -2.41. The molecule has 29 heavy (non-hydrogen) atoms. The van der Waals surface area contributed by atoms with Gasteiger partial charge in [0.05, 0.1) is 23.7 Å². The Morgan fingerprint density at radius 2 is 1.66 bits per heavy atom. The molecule has 0 bridgehead atoms. The van der Waals surface area contributed by atoms with Crippen molar-refractivity contribution in [2.24, 2.45) is 10.2 Å². The van der Waals surface area contributed by atoms with Crippen LogP contribution in [0.3, 0.4) is 0 Å². The van der Waals surface area contributed by atoms with Crippen molar-refractivity contribution in [3.63, 3.8) is 0 Å². The minimum absolute atomic E-state index is 0.0798. The average Bonchev–Trinajstić information content (AvgIpc) is 3.22. The summed E-state index contributed by atoms with van der Waals surface area (Å²) in [5, 5.41) is 18.0. The van der Waals surface area contributed by atoms with Gasteiger partial charge in [-0.2, -0.15) is 15.5 Å². The zero-order valence-electron chi connectivity index (χ0n) is 15.5. The van der Waals surface area contributed by atoms with Crippen molar-refractivity contribution in [3.05, 3.63) is 101 Å². The highest BCUT2D eigenvalue weighted by molar-refractivity contribution is 6.08. The molecule has 5 rings (SSSR count). The van der Waals surface area contributed by atoms with Gasteiger partial charge in [0, 0.05) is 5.92 Å². The number of carbonyl (C=O) groups is 1. The Bertz CT molecular complexity index is 1150. The Morgan fingerprint density at radius 1 is 0.931 bits per heavy atom. The number of azo groups is 1. The van der Waals surface area contributed by atoms with Crippen LogP contribution in [0.1, 0.15) is 39.1 Å². The molecular formula is C24H17N3O2. The highest BCUT2D eigenvalue weighted by Crippen LogP contribution is 2.52. The molecule has 0 saturated carbocycles. The summed E-state index contributed by atoms with van der Waals surface area (Å²) in [4.78, 5) is 13.8. The summed E-state index contributed by atoms with van der Waals surface area (Å²) < 4.78 is 6.40. The van der Waals surface area contributed by atoms with Gasteiger partial charge in [-0.25, -0.2) is 0 Å². The fraction of sp³-hybridized carbons (Fsp3) is 0.167. The van der Waals surface area contributed by atoms with E-state index in [9.17, 15) is 4.79 Å². The van der Waals surface area contributed by atoms with Crippen LogP contribution in [0.15, 0.2) is 89.1 Å². The van der Waals surface area contributed by atoms with Crippen LogP contribution in [0.4, 0.5) is 0 Å². The van der Waals surface area contributed by atoms with Crippen molar-refractivity contribution < 1.29 is 9.53 Å². The van der Waals surface area contributed by atoms with Crippen LogP contribution in [0.25, 0.3) is 0 Å². The molecular weight excluding hydrogens is 362 g/mol. The van der Waals surface area contributed by atoms with E-state index in [1.807, 2.05) is 60.7 Å². The van der Waals surface area contributed by atoms with Gasteiger partial charge in [-0.1, -0.05) is 54.6 Å². The maximum Gasteiger partial charge on any atom is 0.200 e. The molecule has 0 radical (unpaired) electrons. The molecule has 2 aliphatic heterocycles. The van der Waals surface area contributed by atoms with Crippen LogP contribution >= 0.6 is 0 Å². The fourth-order valence-corrected chi connectivity index (χ4v) is 4.30. The highest BCUT2D eigenvalue weighted by atomic mass is 16.5. The van der Waals surface area contributed by atoms with Crippen LogP contribution < -0.4 is 4.74 Å². The van der Waals surface area contributed by atoms with Gasteiger partial charge in [-0.3, -0.25) is 4.79 Å². The summed E-state index contributed by atoms with van der Waals surface area (Å²) >= 11 is 0. The lowest BCUT2D eigenvalue weighted by Crippen LogP contribution is -2.51. The quantitative estimate of drug-likeness (QED) is 0.638. The molecule has 3 atom stereocenters. The molecule has 0 N–H and O–H groups in total. The van der Waals surface area contributed by atoms with Crippen molar-refractivity contribution >= 4 is 5.78 Å². The second-order valence-corrected chi connectivity index (χ2v) is 7.27. The molecule has 0 saturated heterocycles. The van der Waals surface area contributed by atoms with Crippen LogP contribution in [-0.2, 0) is 0 Å². The number of nitriles is 1. The molecule has 0 fully saturated rings. The SMILES string of the molecule is N#Cc1ccc(C2CN=NC23C(=O)c2ccccc2OC3c2ccccc2)cc1. The summed E-state index contributed by atoms with van der Waals surface area (Å²) in [7, 11) is 0. The number of Topliss-reactive ketones (excluding diaryl/α,β-unsaturated/α-hetero) is 1. The topological polar surface area (TPSA) is 74.8 Å². The maximum atomic E-state index is 13.8. The number of benzene rings is 3. The molecule has 0 amide bonds. The third-order valence-electron chi connectivity index (χ3n) is 5.72. The number of hydrogen-bond acceptors (Lipinski definition) is 5. The Labute approximate surface area is 168 Å². The van der Waals surface area contributed by atoms with E-state index in [4.69, 9.17) is 10.00 Å². The van der Waals surface area contributed by atoms with Crippen molar-refractivity contribution in [1.82, 2.24) is 0 Å². The Balaban J connectivity index is 1.70. The number of carbonyl (C=O) groups excluding carboxylic acids is 1. The fourth-order valence-electron chi connectivity index (χ4n) is 4.30. The van der Waals surface area contributed by atoms with Crippen LogP contribution in [-0.4, -0.2) is 17.9 Å². The number of para-hydroxylation sites is 1. The van der Waals surface area contributed by atoms with Crippen molar-refractivity contribution in [2.75, 3.05) is 6.54 Å². The van der Waals surface area contributed by atoms with Crippen molar-refractivity contribution in [3.8, 4) is 11.8 Å². The van der Waals surface area contributed by atoms with Gasteiger partial charge < -0.3 is 4.74 Å². The summed E-state index contributed by atoms with van der Waals surface area (Å²) in [6.45, 7) is 0.395. The van der Waals surface area contributed by atoms with E-state index in [-0.39, 0.29) is 11.7 Å². The van der Waals surface area contributed by atoms with Gasteiger partial charge >= 0.3 is 0 Å². The third kappa shape index (κ3) is 2.57. The van der Waals surface area contributed by atoms with Gasteiger partial charge in [0.25, 0.3) is 0 Å². The molecule has 5 heteroatoms. The van der Waals surface area contributed by atoms with Crippen LogP contribution in [0, 0.1) is 11.3 Å². The molecule has 3 aromatic carbocycles. The van der Waals surface area contributed by atoms with E-state index < -0.39 is 11.6 Å². The second kappa shape index (κ2) is 6.68. The molecule has 0 aromatic heterocycles. The van der Waals surface area contributed by atoms with E-state index in [0.717, 1.165) is 11.1 Å². The van der Waals surface area contributed by atoms with E-state index >= 15 is 0 Å². The summed E-state index contributed by atoms with van der Waals surface area (Å²) in [5.74, 6) is 0.211. The smallest absolute Gasteiger partial charge is 0.200 e. The zero-order valence-corrected chi connectivity index (χ0v) is 15.5. The number of fused-ring (bicyclic) bond motifs is 1. The monoisotopic (exact) mass is 379 g/mol. The third-order valence-corrected chi connectivity index (χ3v) is 5.72. The van der Waals surface area contributed by atoms with E-state index in [1.54, 1.807) is 18.2 Å². The summed E-state index contributed by atoms with van der Waals surface area (Å²) in [5.41, 5.74) is 1.73. The number of rotatable bonds is 2. The Morgan fingerprint density at radius 3 is 2.41 bits per heavy atom. The van der Waals surface area contributed by atoms with Crippen LogP contribution in [0.5, 0.6) is 5.75 Å². The molecule has 3 aromatic rings. The first kappa shape index (κ1) is 17.3. The lowest BCUT2D eigenvalue weighted by atomic mass is 9.69. The number of hydrogen-bond donors (Lipinski definition) is 0. The van der Waals surface area contributed by atoms with E-state index in [0.29, 0.717) is 23.4 Å². The Hall–Kier alpha value is -3.78. The van der Waals surface area contributed by atoms with Crippen molar-refractivity contribution in [1.29, 1.82) is 5.26 Å². The minimum Gasteiger partial charge on any atom is -0.482 e. The van der Waals surface area contributed by atoms with Gasteiger partial charge in [-0.15, -0.1) is 0 Å².